The fourth-order valence-electron chi connectivity index (χ4n) is 2.20. The maximum absolute atomic E-state index is 12.4. The standard InChI is InChI=1S/C17H20N2O3S/c1-3-14-9-7-8-12-16(14)18-17(20)13-19(2)23(21,22)15-10-5-4-6-11-15/h4-12H,3,13H2,1-2H3,(H,18,20). The number of hydrogen-bond acceptors (Lipinski definition) is 3. The van der Waals surface area contributed by atoms with Crippen molar-refractivity contribution in [1.29, 1.82) is 0 Å². The molecule has 0 aliphatic heterocycles. The van der Waals surface area contributed by atoms with Crippen LogP contribution >= 0.6 is 0 Å². The first-order valence-corrected chi connectivity index (χ1v) is 8.78. The molecule has 2 aromatic rings. The number of nitrogens with zero attached hydrogens (tertiary/aromatic N) is 1. The molecule has 0 radical (unpaired) electrons. The van der Waals surface area contributed by atoms with E-state index < -0.39 is 10.0 Å². The van der Waals surface area contributed by atoms with Gasteiger partial charge in [-0.05, 0) is 30.2 Å². The van der Waals surface area contributed by atoms with Crippen LogP contribution in [0.5, 0.6) is 0 Å². The SMILES string of the molecule is CCc1ccccc1NC(=O)CN(C)S(=O)(=O)c1ccccc1. The number of benzene rings is 2. The van der Waals surface area contributed by atoms with Gasteiger partial charge in [0.1, 0.15) is 0 Å². The van der Waals surface area contributed by atoms with Crippen LogP contribution in [-0.2, 0) is 21.2 Å². The molecule has 0 aliphatic rings. The number of carbonyl (C=O) groups excluding carboxylic acids is 1. The lowest BCUT2D eigenvalue weighted by molar-refractivity contribution is -0.116. The summed E-state index contributed by atoms with van der Waals surface area (Å²) in [6.07, 6.45) is 0.786. The minimum absolute atomic E-state index is 0.171. The summed E-state index contributed by atoms with van der Waals surface area (Å²) >= 11 is 0. The maximum atomic E-state index is 12.4. The summed E-state index contributed by atoms with van der Waals surface area (Å²) in [5.41, 5.74) is 1.72. The molecule has 0 aliphatic carbocycles. The van der Waals surface area contributed by atoms with Crippen LogP contribution in [0.4, 0.5) is 5.69 Å². The number of rotatable bonds is 6. The third kappa shape index (κ3) is 4.18. The van der Waals surface area contributed by atoms with Crippen molar-refractivity contribution >= 4 is 21.6 Å². The molecule has 2 aromatic carbocycles. The second-order valence-corrected chi connectivity index (χ2v) is 7.18. The number of para-hydroxylation sites is 1. The van der Waals surface area contributed by atoms with E-state index in [9.17, 15) is 13.2 Å². The second kappa shape index (κ2) is 7.39. The van der Waals surface area contributed by atoms with E-state index in [2.05, 4.69) is 5.32 Å². The molecule has 122 valence electrons. The number of hydrogen-bond donors (Lipinski definition) is 1. The molecular formula is C17H20N2O3S. The molecule has 23 heavy (non-hydrogen) atoms. The summed E-state index contributed by atoms with van der Waals surface area (Å²) in [7, 11) is -2.27. The van der Waals surface area contributed by atoms with Crippen molar-refractivity contribution in [2.24, 2.45) is 0 Å². The van der Waals surface area contributed by atoms with Crippen LogP contribution in [0.1, 0.15) is 12.5 Å². The number of sulfonamides is 1. The molecule has 0 saturated carbocycles. The van der Waals surface area contributed by atoms with Gasteiger partial charge in [-0.15, -0.1) is 0 Å². The van der Waals surface area contributed by atoms with Crippen molar-refractivity contribution in [1.82, 2.24) is 4.31 Å². The molecule has 0 heterocycles. The maximum Gasteiger partial charge on any atom is 0.243 e. The molecule has 0 saturated heterocycles. The highest BCUT2D eigenvalue weighted by atomic mass is 32.2. The molecule has 1 N–H and O–H groups in total. The van der Waals surface area contributed by atoms with Crippen molar-refractivity contribution in [3.8, 4) is 0 Å². The summed E-state index contributed by atoms with van der Waals surface area (Å²) in [5, 5.41) is 2.77. The quantitative estimate of drug-likeness (QED) is 0.884. The third-order valence-corrected chi connectivity index (χ3v) is 5.31. The molecule has 2 rings (SSSR count). The molecule has 6 heteroatoms. The zero-order valence-electron chi connectivity index (χ0n) is 13.2. The van der Waals surface area contributed by atoms with Crippen LogP contribution in [0.2, 0.25) is 0 Å². The fourth-order valence-corrected chi connectivity index (χ4v) is 3.35. The minimum Gasteiger partial charge on any atom is -0.325 e. The number of amides is 1. The van der Waals surface area contributed by atoms with E-state index in [1.165, 1.54) is 19.2 Å². The Balaban J connectivity index is 2.08. The van der Waals surface area contributed by atoms with Gasteiger partial charge in [0.2, 0.25) is 15.9 Å². The van der Waals surface area contributed by atoms with Crippen molar-refractivity contribution in [2.45, 2.75) is 18.2 Å². The van der Waals surface area contributed by atoms with E-state index in [0.717, 1.165) is 16.3 Å². The topological polar surface area (TPSA) is 66.5 Å². The summed E-state index contributed by atoms with van der Waals surface area (Å²) in [6.45, 7) is 1.76. The zero-order valence-corrected chi connectivity index (χ0v) is 14.0. The summed E-state index contributed by atoms with van der Waals surface area (Å²) < 4.78 is 25.8. The average molecular weight is 332 g/mol. The summed E-state index contributed by atoms with van der Waals surface area (Å²) in [5.74, 6) is -0.368. The number of likely N-dealkylation sites (N-methyl/N-ethyl adjacent to an activating group) is 1. The van der Waals surface area contributed by atoms with Crippen molar-refractivity contribution in [2.75, 3.05) is 18.9 Å². The molecular weight excluding hydrogens is 312 g/mol. The first-order valence-electron chi connectivity index (χ1n) is 7.34. The fraction of sp³-hybridized carbons (Fsp3) is 0.235. The van der Waals surface area contributed by atoms with Crippen molar-refractivity contribution in [3.05, 3.63) is 60.2 Å². The van der Waals surface area contributed by atoms with Crippen LogP contribution in [0, 0.1) is 0 Å². The predicted molar refractivity (Wildman–Crippen MR) is 90.7 cm³/mol. The van der Waals surface area contributed by atoms with Crippen molar-refractivity contribution in [3.63, 3.8) is 0 Å². The van der Waals surface area contributed by atoms with Crippen LogP contribution in [0.3, 0.4) is 0 Å². The highest BCUT2D eigenvalue weighted by Crippen LogP contribution is 2.16. The van der Waals surface area contributed by atoms with Gasteiger partial charge in [0.05, 0.1) is 11.4 Å². The van der Waals surface area contributed by atoms with E-state index in [1.807, 2.05) is 31.2 Å². The summed E-state index contributed by atoms with van der Waals surface area (Å²) in [6, 6.07) is 15.5. The zero-order chi connectivity index (χ0) is 16.9. The van der Waals surface area contributed by atoms with Crippen LogP contribution in [-0.4, -0.2) is 32.2 Å². The second-order valence-electron chi connectivity index (χ2n) is 5.13. The normalized spacial score (nSPS) is 11.4. The Bertz CT molecular complexity index is 773. The van der Waals surface area contributed by atoms with Gasteiger partial charge in [-0.2, -0.15) is 4.31 Å². The van der Waals surface area contributed by atoms with Gasteiger partial charge in [0, 0.05) is 12.7 Å². The lowest BCUT2D eigenvalue weighted by Crippen LogP contribution is -2.35. The van der Waals surface area contributed by atoms with Crippen LogP contribution < -0.4 is 5.32 Å². The summed E-state index contributed by atoms with van der Waals surface area (Å²) in [4.78, 5) is 12.3. The number of aryl methyl sites for hydroxylation is 1. The molecule has 0 bridgehead atoms. The van der Waals surface area contributed by atoms with E-state index in [1.54, 1.807) is 18.2 Å². The van der Waals surface area contributed by atoms with Gasteiger partial charge in [0.15, 0.2) is 0 Å². The van der Waals surface area contributed by atoms with Gasteiger partial charge in [-0.25, -0.2) is 8.42 Å². The van der Waals surface area contributed by atoms with Gasteiger partial charge in [-0.1, -0.05) is 43.3 Å². The minimum atomic E-state index is -3.67. The Morgan fingerprint density at radius 3 is 2.30 bits per heavy atom. The van der Waals surface area contributed by atoms with Gasteiger partial charge in [-0.3, -0.25) is 4.79 Å². The largest absolute Gasteiger partial charge is 0.325 e. The Labute approximate surface area is 137 Å². The first kappa shape index (κ1) is 17.2. The third-order valence-electron chi connectivity index (χ3n) is 3.49. The lowest BCUT2D eigenvalue weighted by Gasteiger charge is -2.17. The molecule has 0 atom stereocenters. The lowest BCUT2D eigenvalue weighted by atomic mass is 10.1. The van der Waals surface area contributed by atoms with Gasteiger partial charge < -0.3 is 5.32 Å². The van der Waals surface area contributed by atoms with Gasteiger partial charge >= 0.3 is 0 Å². The molecule has 5 nitrogen and oxygen atoms in total. The van der Waals surface area contributed by atoms with Crippen molar-refractivity contribution < 1.29 is 13.2 Å². The Morgan fingerprint density at radius 1 is 1.04 bits per heavy atom. The Kier molecular flexibility index (Phi) is 5.52. The van der Waals surface area contributed by atoms with Crippen LogP contribution in [0.25, 0.3) is 0 Å². The van der Waals surface area contributed by atoms with Crippen LogP contribution in [0.15, 0.2) is 59.5 Å². The predicted octanol–water partition coefficient (Wildman–Crippen LogP) is 2.51. The monoisotopic (exact) mass is 332 g/mol. The molecule has 1 amide bonds. The molecule has 0 spiro atoms. The molecule has 0 aromatic heterocycles. The van der Waals surface area contributed by atoms with Gasteiger partial charge in [0.25, 0.3) is 0 Å². The molecule has 0 fully saturated rings. The van der Waals surface area contributed by atoms with E-state index in [4.69, 9.17) is 0 Å². The van der Waals surface area contributed by atoms with E-state index in [0.29, 0.717) is 5.69 Å². The highest BCUT2D eigenvalue weighted by Gasteiger charge is 2.22. The average Bonchev–Trinajstić information content (AvgIpc) is 2.56. The number of nitrogens with one attached hydrogen (secondary N) is 1. The van der Waals surface area contributed by atoms with E-state index in [-0.39, 0.29) is 17.3 Å². The number of carbonyl (C=O) groups is 1. The van der Waals surface area contributed by atoms with E-state index >= 15 is 0 Å². The smallest absolute Gasteiger partial charge is 0.243 e. The highest BCUT2D eigenvalue weighted by molar-refractivity contribution is 7.89. The Morgan fingerprint density at radius 2 is 1.65 bits per heavy atom. The molecule has 0 unspecified atom stereocenters. The Hall–Kier alpha value is -2.18. The number of anilines is 1. The first-order chi connectivity index (χ1) is 10.9.